The Morgan fingerprint density at radius 3 is 2.14 bits per heavy atom. The summed E-state index contributed by atoms with van der Waals surface area (Å²) < 4.78 is 56.4. The summed E-state index contributed by atoms with van der Waals surface area (Å²) in [5.74, 6) is 0.972. The molecule has 9 heteroatoms. The highest BCUT2D eigenvalue weighted by molar-refractivity contribution is 7.93. The maximum atomic E-state index is 12.8. The quantitative estimate of drug-likeness (QED) is 0.358. The molecule has 0 radical (unpaired) electrons. The van der Waals surface area contributed by atoms with Crippen LogP contribution < -0.4 is 4.47 Å². The number of benzene rings is 3. The highest BCUT2D eigenvalue weighted by atomic mass is 32.2. The summed E-state index contributed by atoms with van der Waals surface area (Å²) in [4.78, 5) is 2.40. The Hall–Kier alpha value is -2.72. The zero-order valence-electron chi connectivity index (χ0n) is 21.0. The average molecular weight is 541 g/mol. The molecule has 1 heterocycles. The Balaban J connectivity index is 1.28. The zero-order valence-corrected chi connectivity index (χ0v) is 22.7. The van der Waals surface area contributed by atoms with Gasteiger partial charge in [0, 0.05) is 18.5 Å². The van der Waals surface area contributed by atoms with Crippen molar-refractivity contribution in [3.63, 3.8) is 0 Å². The molecule has 7 nitrogen and oxygen atoms in total. The third-order valence-corrected chi connectivity index (χ3v) is 9.96. The van der Waals surface area contributed by atoms with Crippen molar-refractivity contribution < 1.29 is 21.1 Å². The van der Waals surface area contributed by atoms with Crippen LogP contribution in [-0.2, 0) is 36.3 Å². The molecular formula is C28H32N2O5S2. The highest BCUT2D eigenvalue weighted by Crippen LogP contribution is 2.63. The molecule has 3 aromatic carbocycles. The third-order valence-electron chi connectivity index (χ3n) is 7.79. The lowest BCUT2D eigenvalue weighted by atomic mass is 9.92. The van der Waals surface area contributed by atoms with Crippen LogP contribution in [0, 0.1) is 11.8 Å². The minimum absolute atomic E-state index is 0.0760. The van der Waals surface area contributed by atoms with Crippen LogP contribution in [0.2, 0.25) is 0 Å². The first kappa shape index (κ1) is 25.9. The van der Waals surface area contributed by atoms with Crippen LogP contribution in [0.3, 0.4) is 0 Å². The maximum Gasteiger partial charge on any atom is 0.318 e. The number of fused-ring (bicyclic) bond motifs is 1. The molecule has 0 aromatic heterocycles. The molecule has 1 saturated heterocycles. The maximum absolute atomic E-state index is 12.8. The lowest BCUT2D eigenvalue weighted by molar-refractivity contribution is 0.274. The van der Waals surface area contributed by atoms with Crippen LogP contribution in [0.5, 0.6) is 0 Å². The van der Waals surface area contributed by atoms with Crippen molar-refractivity contribution in [3.05, 3.63) is 96.1 Å². The Morgan fingerprint density at radius 1 is 0.892 bits per heavy atom. The van der Waals surface area contributed by atoms with Crippen molar-refractivity contribution in [3.8, 4) is 0 Å². The number of anilines is 1. The number of hydrogen-bond donors (Lipinski definition) is 0. The molecular weight excluding hydrogens is 508 g/mol. The number of aryl methyl sites for hydroxylation is 1. The van der Waals surface area contributed by atoms with Gasteiger partial charge in [-0.3, -0.25) is 0 Å². The molecule has 5 rings (SSSR count). The molecule has 3 aromatic rings. The topological polar surface area (TPSA) is 84.0 Å². The van der Waals surface area contributed by atoms with Gasteiger partial charge >= 0.3 is 10.1 Å². The van der Waals surface area contributed by atoms with Crippen molar-refractivity contribution in [2.75, 3.05) is 30.4 Å². The first-order chi connectivity index (χ1) is 17.6. The van der Waals surface area contributed by atoms with Crippen LogP contribution in [-0.4, -0.2) is 47.6 Å². The van der Waals surface area contributed by atoms with Crippen molar-refractivity contribution in [1.29, 1.82) is 0 Å². The van der Waals surface area contributed by atoms with Gasteiger partial charge < -0.3 is 4.90 Å². The van der Waals surface area contributed by atoms with E-state index in [1.165, 1.54) is 17.7 Å². The van der Waals surface area contributed by atoms with E-state index in [1.54, 1.807) is 36.4 Å². The molecule has 0 N–H and O–H groups in total. The number of hydrogen-bond acceptors (Lipinski definition) is 6. The zero-order chi connectivity index (χ0) is 26.3. The van der Waals surface area contributed by atoms with Gasteiger partial charge in [-0.15, -0.1) is 8.75 Å². The Morgan fingerprint density at radius 2 is 1.51 bits per heavy atom. The number of likely N-dealkylation sites (tertiary alicyclic amines) is 1. The summed E-state index contributed by atoms with van der Waals surface area (Å²) in [5, 5.41) is 0. The number of nitrogens with zero attached hydrogens (tertiary/aromatic N) is 2. The summed E-state index contributed by atoms with van der Waals surface area (Å²) in [6.07, 6.45) is 3.12. The van der Waals surface area contributed by atoms with Crippen LogP contribution in [0.4, 0.5) is 5.69 Å². The predicted octanol–water partition coefficient (Wildman–Crippen LogP) is 4.23. The lowest BCUT2D eigenvalue weighted by Gasteiger charge is -2.26. The standard InChI is InChI=1S/C28H32N2O5S2/c1-28(26-20-29(21-27(26)28)18-10-13-22-11-5-3-6-12-22)23-14-9-15-24(19-23)30(36(2,31)32)35-37(33,34)25-16-7-4-8-17-25/h3-9,11-12,14-17,19,26-27H,10,13,18,20-21H2,1-2H3. The van der Waals surface area contributed by atoms with E-state index < -0.39 is 20.1 Å². The normalized spacial score (nSPS) is 23.5. The molecule has 0 bridgehead atoms. The number of rotatable bonds is 10. The minimum Gasteiger partial charge on any atom is -0.303 e. The molecule has 1 aliphatic carbocycles. The molecule has 0 amide bonds. The van der Waals surface area contributed by atoms with Gasteiger partial charge in [0.25, 0.3) is 10.0 Å². The van der Waals surface area contributed by atoms with Gasteiger partial charge in [-0.05, 0) is 66.6 Å². The Labute approximate surface area is 219 Å². The van der Waals surface area contributed by atoms with Gasteiger partial charge in [-0.2, -0.15) is 8.42 Å². The second kappa shape index (κ2) is 9.87. The average Bonchev–Trinajstić information content (AvgIpc) is 3.21. The van der Waals surface area contributed by atoms with Gasteiger partial charge in [-0.25, -0.2) is 8.42 Å². The van der Waals surface area contributed by atoms with E-state index in [0.717, 1.165) is 44.3 Å². The molecule has 2 unspecified atom stereocenters. The molecule has 2 aliphatic rings. The largest absolute Gasteiger partial charge is 0.318 e. The van der Waals surface area contributed by atoms with E-state index in [0.29, 0.717) is 16.3 Å². The molecule has 0 spiro atoms. The molecule has 2 atom stereocenters. The molecule has 196 valence electrons. The van der Waals surface area contributed by atoms with Gasteiger partial charge in [0.1, 0.15) is 0 Å². The molecule has 37 heavy (non-hydrogen) atoms. The fourth-order valence-electron chi connectivity index (χ4n) is 5.69. The van der Waals surface area contributed by atoms with Crippen molar-refractivity contribution in [2.45, 2.75) is 30.1 Å². The van der Waals surface area contributed by atoms with Crippen molar-refractivity contribution >= 4 is 25.8 Å². The van der Waals surface area contributed by atoms with E-state index in [2.05, 4.69) is 36.1 Å². The minimum atomic E-state index is -4.33. The van der Waals surface area contributed by atoms with Gasteiger partial charge in [0.15, 0.2) is 0 Å². The highest BCUT2D eigenvalue weighted by Gasteiger charge is 2.65. The van der Waals surface area contributed by atoms with Crippen molar-refractivity contribution in [1.82, 2.24) is 4.90 Å². The first-order valence-electron chi connectivity index (χ1n) is 12.5. The second-order valence-electron chi connectivity index (χ2n) is 10.2. The fourth-order valence-corrected chi connectivity index (χ4v) is 7.71. The smallest absolute Gasteiger partial charge is 0.303 e. The van der Waals surface area contributed by atoms with Crippen LogP contribution in [0.15, 0.2) is 89.8 Å². The van der Waals surface area contributed by atoms with E-state index in [-0.39, 0.29) is 16.0 Å². The summed E-state index contributed by atoms with van der Waals surface area (Å²) >= 11 is 0. The summed E-state index contributed by atoms with van der Waals surface area (Å²) in [7, 11) is -8.37. The van der Waals surface area contributed by atoms with Gasteiger partial charge in [-0.1, -0.05) is 67.6 Å². The summed E-state index contributed by atoms with van der Waals surface area (Å²) in [5.41, 5.74) is 2.46. The molecule has 1 saturated carbocycles. The number of piperidine rings is 1. The van der Waals surface area contributed by atoms with Gasteiger partial charge in [0.2, 0.25) is 0 Å². The summed E-state index contributed by atoms with van der Waals surface area (Å²) in [6, 6.07) is 25.1. The monoisotopic (exact) mass is 540 g/mol. The molecule has 2 fully saturated rings. The predicted molar refractivity (Wildman–Crippen MR) is 144 cm³/mol. The van der Waals surface area contributed by atoms with E-state index in [1.807, 2.05) is 12.1 Å². The Bertz CT molecular complexity index is 1450. The number of sulfonamides is 1. The van der Waals surface area contributed by atoms with Crippen LogP contribution >= 0.6 is 0 Å². The lowest BCUT2D eigenvalue weighted by Crippen LogP contribution is -2.33. The fraction of sp³-hybridized carbons (Fsp3) is 0.357. The van der Waals surface area contributed by atoms with E-state index in [4.69, 9.17) is 4.28 Å². The summed E-state index contributed by atoms with van der Waals surface area (Å²) in [6.45, 7) is 5.30. The first-order valence-corrected chi connectivity index (χ1v) is 15.7. The van der Waals surface area contributed by atoms with Crippen molar-refractivity contribution in [2.24, 2.45) is 11.8 Å². The van der Waals surface area contributed by atoms with Crippen LogP contribution in [0.25, 0.3) is 0 Å². The van der Waals surface area contributed by atoms with Crippen LogP contribution in [0.1, 0.15) is 24.5 Å². The third kappa shape index (κ3) is 5.31. The Kier molecular flexibility index (Phi) is 6.91. The second-order valence-corrected chi connectivity index (χ2v) is 13.6. The van der Waals surface area contributed by atoms with Gasteiger partial charge in [0.05, 0.1) is 16.8 Å². The molecule has 1 aliphatic heterocycles. The van der Waals surface area contributed by atoms with E-state index >= 15 is 0 Å². The van der Waals surface area contributed by atoms with E-state index in [9.17, 15) is 16.8 Å². The SMILES string of the molecule is CC1(c2cccc(N(OS(=O)(=O)c3ccccc3)S(C)(=O)=O)c2)C2CN(CCCc3ccccc3)CC21.